The molecule has 0 aromatic carbocycles. The summed E-state index contributed by atoms with van der Waals surface area (Å²) in [6, 6.07) is -0.474. The maximum absolute atomic E-state index is 12.4. The summed E-state index contributed by atoms with van der Waals surface area (Å²) in [6.45, 7) is 1.17. The molecule has 3 rings (SSSR count). The first kappa shape index (κ1) is 16.0. The minimum Gasteiger partial charge on any atom is -0.477 e. The monoisotopic (exact) mass is 338 g/mol. The molecule has 0 spiro atoms. The van der Waals surface area contributed by atoms with Crippen molar-refractivity contribution in [1.82, 2.24) is 4.90 Å². The van der Waals surface area contributed by atoms with E-state index in [9.17, 15) is 19.5 Å². The molecule has 0 aromatic heterocycles. The second-order valence-electron chi connectivity index (χ2n) is 5.79. The van der Waals surface area contributed by atoms with Crippen LogP contribution in [0.5, 0.6) is 0 Å². The normalized spacial score (nSPS) is 26.7. The highest BCUT2D eigenvalue weighted by atomic mass is 32.2. The number of nitrogens with zero attached hydrogens (tertiary/aromatic N) is 2. The van der Waals surface area contributed by atoms with Gasteiger partial charge in [0.25, 0.3) is 5.91 Å². The fourth-order valence-electron chi connectivity index (χ4n) is 3.06. The van der Waals surface area contributed by atoms with Crippen molar-refractivity contribution in [3.8, 4) is 0 Å². The average molecular weight is 338 g/mol. The number of carbonyl (C=O) groups excluding carboxylic acids is 2. The van der Waals surface area contributed by atoms with Crippen LogP contribution in [0.4, 0.5) is 0 Å². The number of aliphatic carboxylic acids is 1. The molecule has 1 saturated carbocycles. The van der Waals surface area contributed by atoms with Crippen LogP contribution in [0.3, 0.4) is 0 Å². The van der Waals surface area contributed by atoms with E-state index in [1.54, 1.807) is 0 Å². The smallest absolute Gasteiger partial charge is 0.352 e. The van der Waals surface area contributed by atoms with E-state index in [0.29, 0.717) is 11.3 Å². The van der Waals surface area contributed by atoms with Crippen LogP contribution in [0.1, 0.15) is 32.6 Å². The number of hydrogen-bond donors (Lipinski definition) is 1. The highest BCUT2D eigenvalue weighted by Crippen LogP contribution is 2.42. The Hall–Kier alpha value is -1.83. The Bertz CT molecular complexity index is 619. The van der Waals surface area contributed by atoms with Crippen LogP contribution in [0.2, 0.25) is 0 Å². The summed E-state index contributed by atoms with van der Waals surface area (Å²) >= 11 is 1.47. The van der Waals surface area contributed by atoms with Crippen LogP contribution in [0.15, 0.2) is 16.3 Å². The minimum atomic E-state index is -1.17. The topological polar surface area (TPSA) is 96.3 Å². The standard InChI is InChI=1S/C15H18N2O5S/c1-8(18)22-6-9-7-23-14-11(16-10-4-2-3-5-10)13(19)17(14)12(9)15(20)21/h11,14H,2-7H2,1H3,(H,20,21)/t11?,14-/m0/s1. The molecular weight excluding hydrogens is 320 g/mol. The largest absolute Gasteiger partial charge is 0.477 e. The van der Waals surface area contributed by atoms with E-state index in [4.69, 9.17) is 4.74 Å². The number of rotatable bonds is 4. The SMILES string of the molecule is CC(=O)OCC1=C(C(=O)O)N2C(=O)C(N=C3CCCC3)[C@@H]2SC1. The Balaban J connectivity index is 1.80. The fourth-order valence-corrected chi connectivity index (χ4v) is 4.37. The minimum absolute atomic E-state index is 0.0529. The van der Waals surface area contributed by atoms with Crippen molar-refractivity contribution in [1.29, 1.82) is 0 Å². The van der Waals surface area contributed by atoms with Crippen molar-refractivity contribution in [3.63, 3.8) is 0 Å². The second kappa shape index (κ2) is 6.35. The first-order valence-corrected chi connectivity index (χ1v) is 8.63. The van der Waals surface area contributed by atoms with Gasteiger partial charge in [-0.3, -0.25) is 19.5 Å². The molecule has 1 saturated heterocycles. The Morgan fingerprint density at radius 1 is 1.39 bits per heavy atom. The lowest BCUT2D eigenvalue weighted by molar-refractivity contribution is -0.148. The molecule has 7 nitrogen and oxygen atoms in total. The Morgan fingerprint density at radius 2 is 2.09 bits per heavy atom. The van der Waals surface area contributed by atoms with E-state index in [-0.39, 0.29) is 23.6 Å². The number of β-lactam (4-membered cyclic amide) rings is 1. The number of amides is 1. The number of fused-ring (bicyclic) bond motifs is 1. The summed E-state index contributed by atoms with van der Waals surface area (Å²) in [5, 5.41) is 9.19. The number of aliphatic imine (C=N–C) groups is 1. The van der Waals surface area contributed by atoms with Crippen LogP contribution >= 0.6 is 11.8 Å². The molecule has 0 bridgehead atoms. The maximum atomic E-state index is 12.4. The van der Waals surface area contributed by atoms with Crippen molar-refractivity contribution >= 4 is 35.3 Å². The van der Waals surface area contributed by atoms with E-state index in [2.05, 4.69) is 4.99 Å². The number of ether oxygens (including phenoxy) is 1. The van der Waals surface area contributed by atoms with Crippen LogP contribution in [0.25, 0.3) is 0 Å². The number of esters is 1. The fraction of sp³-hybridized carbons (Fsp3) is 0.600. The van der Waals surface area contributed by atoms with Gasteiger partial charge < -0.3 is 9.84 Å². The molecule has 1 aliphatic carbocycles. The van der Waals surface area contributed by atoms with Crippen LogP contribution in [0, 0.1) is 0 Å². The molecule has 0 aromatic rings. The Labute approximate surface area is 137 Å². The summed E-state index contributed by atoms with van der Waals surface area (Å²) in [5.41, 5.74) is 1.47. The zero-order chi connectivity index (χ0) is 16.6. The van der Waals surface area contributed by atoms with E-state index in [1.165, 1.54) is 23.6 Å². The third-order valence-electron chi connectivity index (χ3n) is 4.17. The first-order valence-electron chi connectivity index (χ1n) is 7.58. The van der Waals surface area contributed by atoms with Gasteiger partial charge in [-0.25, -0.2) is 4.79 Å². The average Bonchev–Trinajstić information content (AvgIpc) is 3.02. The Kier molecular flexibility index (Phi) is 4.43. The number of thioether (sulfide) groups is 1. The van der Waals surface area contributed by atoms with Gasteiger partial charge in [0.15, 0.2) is 6.04 Å². The number of carbonyl (C=O) groups is 3. The van der Waals surface area contributed by atoms with Gasteiger partial charge in [-0.1, -0.05) is 0 Å². The van der Waals surface area contributed by atoms with Crippen LogP contribution in [-0.2, 0) is 19.1 Å². The lowest BCUT2D eigenvalue weighted by Gasteiger charge is -2.47. The summed E-state index contributed by atoms with van der Waals surface area (Å²) in [4.78, 5) is 40.7. The van der Waals surface area contributed by atoms with Gasteiger partial charge in [0.05, 0.1) is 0 Å². The van der Waals surface area contributed by atoms with Gasteiger partial charge in [-0.05, 0) is 25.7 Å². The zero-order valence-electron chi connectivity index (χ0n) is 12.8. The van der Waals surface area contributed by atoms with Crippen LogP contribution < -0.4 is 0 Å². The van der Waals surface area contributed by atoms with E-state index >= 15 is 0 Å². The molecule has 2 fully saturated rings. The predicted molar refractivity (Wildman–Crippen MR) is 84.1 cm³/mol. The lowest BCUT2D eigenvalue weighted by Crippen LogP contribution is -2.64. The van der Waals surface area contributed by atoms with E-state index < -0.39 is 18.0 Å². The van der Waals surface area contributed by atoms with E-state index in [0.717, 1.165) is 31.4 Å². The molecule has 2 aliphatic heterocycles. The number of hydrogen-bond acceptors (Lipinski definition) is 6. The second-order valence-corrected chi connectivity index (χ2v) is 6.90. The van der Waals surface area contributed by atoms with Crippen molar-refractivity contribution in [2.75, 3.05) is 12.4 Å². The number of carboxylic acids is 1. The van der Waals surface area contributed by atoms with Crippen LogP contribution in [-0.4, -0.2) is 57.3 Å². The molecule has 0 radical (unpaired) electrons. The summed E-state index contributed by atoms with van der Waals surface area (Å²) in [6.07, 6.45) is 4.07. The Morgan fingerprint density at radius 3 is 2.70 bits per heavy atom. The van der Waals surface area contributed by atoms with Crippen molar-refractivity contribution in [2.45, 2.75) is 44.0 Å². The quantitative estimate of drug-likeness (QED) is 0.611. The summed E-state index contributed by atoms with van der Waals surface area (Å²) in [5.74, 6) is -1.50. The van der Waals surface area contributed by atoms with Crippen molar-refractivity contribution in [2.24, 2.45) is 4.99 Å². The van der Waals surface area contributed by atoms with Crippen molar-refractivity contribution in [3.05, 3.63) is 11.3 Å². The molecule has 124 valence electrons. The predicted octanol–water partition coefficient (Wildman–Crippen LogP) is 1.19. The molecule has 8 heteroatoms. The first-order chi connectivity index (χ1) is 11.0. The van der Waals surface area contributed by atoms with Gasteiger partial charge >= 0.3 is 11.9 Å². The summed E-state index contributed by atoms with van der Waals surface area (Å²) in [7, 11) is 0. The third kappa shape index (κ3) is 2.99. The molecule has 2 atom stereocenters. The third-order valence-corrected chi connectivity index (χ3v) is 5.50. The molecule has 1 amide bonds. The maximum Gasteiger partial charge on any atom is 0.352 e. The van der Waals surface area contributed by atoms with Gasteiger partial charge in [0.2, 0.25) is 0 Å². The molecule has 3 aliphatic rings. The molecule has 1 unspecified atom stereocenters. The van der Waals surface area contributed by atoms with E-state index in [1.807, 2.05) is 0 Å². The zero-order valence-corrected chi connectivity index (χ0v) is 13.6. The number of carboxylic acid groups (broad SMARTS) is 1. The van der Waals surface area contributed by atoms with Gasteiger partial charge in [0.1, 0.15) is 17.7 Å². The highest BCUT2D eigenvalue weighted by molar-refractivity contribution is 8.00. The summed E-state index contributed by atoms with van der Waals surface area (Å²) < 4.78 is 4.90. The lowest BCUT2D eigenvalue weighted by atomic mass is 10.0. The molecule has 23 heavy (non-hydrogen) atoms. The van der Waals surface area contributed by atoms with Gasteiger partial charge in [-0.15, -0.1) is 11.8 Å². The van der Waals surface area contributed by atoms with Gasteiger partial charge in [0, 0.05) is 24.0 Å². The molecule has 1 N–H and O–H groups in total. The van der Waals surface area contributed by atoms with Crippen molar-refractivity contribution < 1.29 is 24.2 Å². The van der Waals surface area contributed by atoms with Gasteiger partial charge in [-0.2, -0.15) is 0 Å². The highest BCUT2D eigenvalue weighted by Gasteiger charge is 2.53. The molecule has 2 heterocycles. The molecular formula is C15H18N2O5S.